The number of amides is 1. The Balaban J connectivity index is 3.20. The van der Waals surface area contributed by atoms with E-state index in [0.29, 0.717) is 6.61 Å². The summed E-state index contributed by atoms with van der Waals surface area (Å²) in [7, 11) is 0. The molecular formula is C21H39NO3. The van der Waals surface area contributed by atoms with Gasteiger partial charge in [0, 0.05) is 5.57 Å². The number of unbranched alkanes of at least 4 members (excludes halogenated alkanes) is 13. The zero-order chi connectivity index (χ0) is 18.8. The van der Waals surface area contributed by atoms with E-state index in [2.05, 4.69) is 13.5 Å². The van der Waals surface area contributed by atoms with Gasteiger partial charge in [-0.1, -0.05) is 97.0 Å². The van der Waals surface area contributed by atoms with Crippen LogP contribution < -0.4 is 5.73 Å². The molecule has 0 heterocycles. The highest BCUT2D eigenvalue weighted by atomic mass is 16.5. The summed E-state index contributed by atoms with van der Waals surface area (Å²) >= 11 is 0. The van der Waals surface area contributed by atoms with Crippen LogP contribution in [0.1, 0.15) is 103 Å². The predicted octanol–water partition coefficient (Wildman–Crippen LogP) is 5.44. The minimum absolute atomic E-state index is 0.103. The molecule has 0 fully saturated rings. The Kier molecular flexibility index (Phi) is 16.6. The molecule has 0 aliphatic carbocycles. The second-order valence-corrected chi connectivity index (χ2v) is 6.96. The van der Waals surface area contributed by atoms with Crippen molar-refractivity contribution in [3.63, 3.8) is 0 Å². The van der Waals surface area contributed by atoms with Gasteiger partial charge in [-0.2, -0.15) is 0 Å². The van der Waals surface area contributed by atoms with Gasteiger partial charge < -0.3 is 10.5 Å². The van der Waals surface area contributed by atoms with E-state index in [1.54, 1.807) is 0 Å². The second kappa shape index (κ2) is 17.5. The lowest BCUT2D eigenvalue weighted by molar-refractivity contribution is -0.143. The zero-order valence-electron chi connectivity index (χ0n) is 16.3. The van der Waals surface area contributed by atoms with E-state index in [9.17, 15) is 9.59 Å². The first-order chi connectivity index (χ1) is 12.1. The number of carbonyl (C=O) groups excluding carboxylic acids is 2. The highest BCUT2D eigenvalue weighted by Crippen LogP contribution is 2.13. The topological polar surface area (TPSA) is 69.4 Å². The van der Waals surface area contributed by atoms with Gasteiger partial charge in [0.2, 0.25) is 5.91 Å². The smallest absolute Gasteiger partial charge is 0.310 e. The average molecular weight is 354 g/mol. The number of hydrogen-bond acceptors (Lipinski definition) is 3. The highest BCUT2D eigenvalue weighted by Gasteiger charge is 2.09. The lowest BCUT2D eigenvalue weighted by Crippen LogP contribution is -2.17. The normalized spacial score (nSPS) is 10.6. The minimum Gasteiger partial charge on any atom is -0.465 e. The standard InChI is InChI=1S/C21H39NO3/c1-3-4-5-6-7-8-9-10-11-12-13-14-15-16-17-25-20(23)18-19(2)21(22)24/h2-18H2,1H3,(H2,22,24). The van der Waals surface area contributed by atoms with Crippen LogP contribution in [0.5, 0.6) is 0 Å². The Morgan fingerprint density at radius 2 is 1.16 bits per heavy atom. The molecule has 0 unspecified atom stereocenters. The van der Waals surface area contributed by atoms with Gasteiger partial charge in [0.25, 0.3) is 0 Å². The first-order valence-corrected chi connectivity index (χ1v) is 10.2. The maximum atomic E-state index is 11.4. The van der Waals surface area contributed by atoms with E-state index in [0.717, 1.165) is 12.8 Å². The molecule has 4 nitrogen and oxygen atoms in total. The molecule has 4 heteroatoms. The molecular weight excluding hydrogens is 314 g/mol. The van der Waals surface area contributed by atoms with Crippen molar-refractivity contribution in [1.29, 1.82) is 0 Å². The summed E-state index contributed by atoms with van der Waals surface area (Å²) in [4.78, 5) is 22.2. The Morgan fingerprint density at radius 1 is 0.760 bits per heavy atom. The van der Waals surface area contributed by atoms with Crippen LogP contribution in [-0.4, -0.2) is 18.5 Å². The summed E-state index contributed by atoms with van der Waals surface area (Å²) in [6.07, 6.45) is 18.1. The zero-order valence-corrected chi connectivity index (χ0v) is 16.3. The van der Waals surface area contributed by atoms with Crippen LogP contribution >= 0.6 is 0 Å². The molecule has 0 bridgehead atoms. The molecule has 0 atom stereocenters. The van der Waals surface area contributed by atoms with Crippen LogP contribution in [0, 0.1) is 0 Å². The molecule has 0 saturated heterocycles. The van der Waals surface area contributed by atoms with Crippen molar-refractivity contribution in [2.45, 2.75) is 103 Å². The molecule has 0 radical (unpaired) electrons. The molecule has 0 saturated carbocycles. The fraction of sp³-hybridized carbons (Fsp3) is 0.810. The number of carbonyl (C=O) groups is 2. The molecule has 1 amide bonds. The number of primary amides is 1. The molecule has 0 aliphatic rings. The molecule has 0 aromatic carbocycles. The molecule has 0 aliphatic heterocycles. The van der Waals surface area contributed by atoms with Gasteiger partial charge in [-0.3, -0.25) is 9.59 Å². The van der Waals surface area contributed by atoms with Gasteiger partial charge in [-0.25, -0.2) is 0 Å². The summed E-state index contributed by atoms with van der Waals surface area (Å²) in [5.74, 6) is -1.06. The largest absolute Gasteiger partial charge is 0.465 e. The number of esters is 1. The Hall–Kier alpha value is -1.32. The summed E-state index contributed by atoms with van der Waals surface area (Å²) in [6.45, 7) is 6.12. The van der Waals surface area contributed by atoms with Crippen molar-refractivity contribution in [3.8, 4) is 0 Å². The van der Waals surface area contributed by atoms with Crippen LogP contribution in [0.2, 0.25) is 0 Å². The molecule has 0 aromatic heterocycles. The maximum Gasteiger partial charge on any atom is 0.310 e. The minimum atomic E-state index is -0.645. The molecule has 0 rings (SSSR count). The Labute approximate surface area is 154 Å². The predicted molar refractivity (Wildman–Crippen MR) is 104 cm³/mol. The third-order valence-electron chi connectivity index (χ3n) is 4.47. The fourth-order valence-corrected chi connectivity index (χ4v) is 2.79. The molecule has 146 valence electrons. The van der Waals surface area contributed by atoms with E-state index in [-0.39, 0.29) is 12.0 Å². The van der Waals surface area contributed by atoms with Gasteiger partial charge in [-0.15, -0.1) is 0 Å². The van der Waals surface area contributed by atoms with Gasteiger partial charge in [-0.05, 0) is 6.42 Å². The van der Waals surface area contributed by atoms with Crippen molar-refractivity contribution in [2.75, 3.05) is 6.61 Å². The highest BCUT2D eigenvalue weighted by molar-refractivity contribution is 5.95. The summed E-state index contributed by atoms with van der Waals surface area (Å²) < 4.78 is 5.06. The van der Waals surface area contributed by atoms with E-state index in [1.807, 2.05) is 0 Å². The number of hydrogen-bond donors (Lipinski definition) is 1. The summed E-state index contributed by atoms with van der Waals surface area (Å²) in [5, 5.41) is 0. The third-order valence-corrected chi connectivity index (χ3v) is 4.47. The lowest BCUT2D eigenvalue weighted by Gasteiger charge is -2.05. The lowest BCUT2D eigenvalue weighted by atomic mass is 10.0. The van der Waals surface area contributed by atoms with Crippen LogP contribution in [0.15, 0.2) is 12.2 Å². The van der Waals surface area contributed by atoms with E-state index >= 15 is 0 Å². The number of ether oxygens (including phenoxy) is 1. The summed E-state index contributed by atoms with van der Waals surface area (Å²) in [6, 6.07) is 0. The monoisotopic (exact) mass is 353 g/mol. The number of nitrogens with two attached hydrogens (primary N) is 1. The van der Waals surface area contributed by atoms with E-state index in [1.165, 1.54) is 77.0 Å². The van der Waals surface area contributed by atoms with Gasteiger partial charge in [0.1, 0.15) is 0 Å². The number of rotatable bonds is 18. The Bertz CT molecular complexity index is 366. The van der Waals surface area contributed by atoms with Crippen LogP contribution in [0.4, 0.5) is 0 Å². The molecule has 0 aromatic rings. The quantitative estimate of drug-likeness (QED) is 0.202. The van der Waals surface area contributed by atoms with Crippen molar-refractivity contribution in [2.24, 2.45) is 5.73 Å². The van der Waals surface area contributed by atoms with Crippen LogP contribution in [0.25, 0.3) is 0 Å². The first kappa shape index (κ1) is 23.7. The van der Waals surface area contributed by atoms with Gasteiger partial charge >= 0.3 is 5.97 Å². The molecule has 2 N–H and O–H groups in total. The van der Waals surface area contributed by atoms with E-state index < -0.39 is 11.9 Å². The van der Waals surface area contributed by atoms with Crippen molar-refractivity contribution < 1.29 is 14.3 Å². The van der Waals surface area contributed by atoms with Crippen molar-refractivity contribution >= 4 is 11.9 Å². The second-order valence-electron chi connectivity index (χ2n) is 6.96. The fourth-order valence-electron chi connectivity index (χ4n) is 2.79. The van der Waals surface area contributed by atoms with Crippen molar-refractivity contribution in [1.82, 2.24) is 0 Å². The summed E-state index contributed by atoms with van der Waals surface area (Å²) in [5.41, 5.74) is 5.13. The van der Waals surface area contributed by atoms with E-state index in [4.69, 9.17) is 10.5 Å². The van der Waals surface area contributed by atoms with Crippen molar-refractivity contribution in [3.05, 3.63) is 12.2 Å². The van der Waals surface area contributed by atoms with Crippen LogP contribution in [0.3, 0.4) is 0 Å². The van der Waals surface area contributed by atoms with Gasteiger partial charge in [0.15, 0.2) is 0 Å². The maximum absolute atomic E-state index is 11.4. The first-order valence-electron chi connectivity index (χ1n) is 10.2. The Morgan fingerprint density at radius 3 is 1.56 bits per heavy atom. The third kappa shape index (κ3) is 17.3. The average Bonchev–Trinajstić information content (AvgIpc) is 2.58. The van der Waals surface area contributed by atoms with Gasteiger partial charge in [0.05, 0.1) is 13.0 Å². The molecule has 25 heavy (non-hydrogen) atoms. The SMILES string of the molecule is C=C(CC(=O)OCCCCCCCCCCCCCCCC)C(N)=O. The molecule has 0 spiro atoms. The van der Waals surface area contributed by atoms with Crippen LogP contribution in [-0.2, 0) is 14.3 Å².